The van der Waals surface area contributed by atoms with Crippen LogP contribution in [0, 0.1) is 5.92 Å². The highest BCUT2D eigenvalue weighted by atomic mass is 16.6. The van der Waals surface area contributed by atoms with E-state index in [1.54, 1.807) is 19.6 Å². The molecule has 1 aromatic heterocycles. The summed E-state index contributed by atoms with van der Waals surface area (Å²) in [5.41, 5.74) is 1.09. The molecule has 0 saturated carbocycles. The van der Waals surface area contributed by atoms with Crippen LogP contribution in [0.4, 0.5) is 0 Å². The Morgan fingerprint density at radius 3 is 2.89 bits per heavy atom. The number of aromatic nitrogens is 1. The van der Waals surface area contributed by atoms with Crippen molar-refractivity contribution >= 4 is 10.8 Å². The highest BCUT2D eigenvalue weighted by Gasteiger charge is 2.26. The third kappa shape index (κ3) is 5.69. The number of nitrogens with zero attached hydrogens (tertiary/aromatic N) is 2. The number of benzene rings is 1. The Labute approximate surface area is 205 Å². The van der Waals surface area contributed by atoms with Gasteiger partial charge in [-0.25, -0.2) is 4.98 Å². The molecule has 2 aromatic rings. The van der Waals surface area contributed by atoms with Gasteiger partial charge in [0.1, 0.15) is 24.4 Å². The van der Waals surface area contributed by atoms with Crippen LogP contribution in [0.15, 0.2) is 78.3 Å². The summed E-state index contributed by atoms with van der Waals surface area (Å²) in [4.78, 5) is 6.72. The number of hydrogen-bond acceptors (Lipinski definition) is 7. The molecule has 0 amide bonds. The predicted octanol–water partition coefficient (Wildman–Crippen LogP) is 4.70. The molecule has 1 atom stereocenters. The number of likely N-dealkylation sites (tertiary alicyclic amines) is 1. The molecule has 3 heterocycles. The zero-order valence-corrected chi connectivity index (χ0v) is 20.1. The summed E-state index contributed by atoms with van der Waals surface area (Å²) >= 11 is 0. The molecule has 1 unspecified atom stereocenters. The highest BCUT2D eigenvalue weighted by molar-refractivity contribution is 5.87. The van der Waals surface area contributed by atoms with E-state index in [0.717, 1.165) is 60.9 Å². The van der Waals surface area contributed by atoms with Gasteiger partial charge in [-0.05, 0) is 73.8 Å². The van der Waals surface area contributed by atoms with Gasteiger partial charge in [0.15, 0.2) is 11.5 Å². The number of allylic oxidation sites excluding steroid dienone is 4. The molecule has 0 spiro atoms. The molecule has 1 fully saturated rings. The Morgan fingerprint density at radius 2 is 2.09 bits per heavy atom. The largest absolute Gasteiger partial charge is 0.497 e. The van der Waals surface area contributed by atoms with Gasteiger partial charge in [0.05, 0.1) is 13.7 Å². The molecule has 0 radical (unpaired) electrons. The maximum atomic E-state index is 10.8. The molecular formula is C28H32N2O5. The minimum Gasteiger partial charge on any atom is -0.497 e. The number of methoxy groups -OCH3 is 1. The fourth-order valence-electron chi connectivity index (χ4n) is 4.66. The second kappa shape index (κ2) is 11.0. The van der Waals surface area contributed by atoms with Gasteiger partial charge in [-0.3, -0.25) is 0 Å². The number of hydrogen-bond donors (Lipinski definition) is 1. The van der Waals surface area contributed by atoms with Gasteiger partial charge in [0.25, 0.3) is 0 Å². The van der Waals surface area contributed by atoms with Crippen molar-refractivity contribution in [2.45, 2.75) is 31.8 Å². The Bertz CT molecular complexity index is 1160. The molecule has 3 aliphatic rings. The lowest BCUT2D eigenvalue weighted by Crippen LogP contribution is -2.41. The predicted molar refractivity (Wildman–Crippen MR) is 134 cm³/mol. The summed E-state index contributed by atoms with van der Waals surface area (Å²) < 4.78 is 22.9. The maximum absolute atomic E-state index is 10.8. The van der Waals surface area contributed by atoms with Gasteiger partial charge in [0, 0.05) is 18.1 Å². The van der Waals surface area contributed by atoms with E-state index in [1.807, 2.05) is 36.4 Å². The lowest BCUT2D eigenvalue weighted by atomic mass is 9.97. The van der Waals surface area contributed by atoms with Crippen LogP contribution in [0.5, 0.6) is 11.6 Å². The minimum atomic E-state index is -0.735. The Kier molecular flexibility index (Phi) is 7.35. The Balaban J connectivity index is 1.10. The number of aliphatic hydroxyl groups excluding tert-OH is 1. The summed E-state index contributed by atoms with van der Waals surface area (Å²) in [5.74, 6) is 3.02. The van der Waals surface area contributed by atoms with Gasteiger partial charge in [-0.2, -0.15) is 0 Å². The van der Waals surface area contributed by atoms with Crippen LogP contribution in [-0.2, 0) is 9.47 Å². The molecular weight excluding hydrogens is 444 g/mol. The third-order valence-corrected chi connectivity index (χ3v) is 6.78. The van der Waals surface area contributed by atoms with Gasteiger partial charge in [0.2, 0.25) is 5.88 Å². The van der Waals surface area contributed by atoms with Gasteiger partial charge >= 0.3 is 0 Å². The molecule has 184 valence electrons. The number of β-amino-alcohol motifs (C(OH)–C–C–N with tert-alkyl or cyclic N) is 1. The molecule has 1 N–H and O–H groups in total. The second-order valence-electron chi connectivity index (χ2n) is 9.17. The lowest BCUT2D eigenvalue weighted by Gasteiger charge is -2.33. The van der Waals surface area contributed by atoms with Crippen molar-refractivity contribution in [3.63, 3.8) is 0 Å². The average Bonchev–Trinajstić information content (AvgIpc) is 2.93. The van der Waals surface area contributed by atoms with Crippen molar-refractivity contribution in [1.29, 1.82) is 0 Å². The number of rotatable bonds is 8. The van der Waals surface area contributed by atoms with Crippen LogP contribution in [-0.4, -0.2) is 54.4 Å². The zero-order valence-electron chi connectivity index (χ0n) is 20.1. The summed E-state index contributed by atoms with van der Waals surface area (Å²) in [6.45, 7) is 2.93. The van der Waals surface area contributed by atoms with Gasteiger partial charge in [-0.15, -0.1) is 0 Å². The monoisotopic (exact) mass is 476 g/mol. The van der Waals surface area contributed by atoms with E-state index in [0.29, 0.717) is 36.5 Å². The SMILES string of the molecule is COc1ccc2ccnc(OCC3CCN(CC(O)C4=COC=C(C5=CC=CCC5)O4)CC3)c2c1. The standard InChI is InChI=1S/C28H32N2O5/c1-32-23-8-7-21-9-12-29-28(24(21)15-23)34-17-20-10-13-30(14-11-20)16-25(31)27-19-33-18-26(35-27)22-5-3-2-4-6-22/h2-3,5,7-9,12,15,18-20,25,31H,4,6,10-11,13-14,16-17H2,1H3. The lowest BCUT2D eigenvalue weighted by molar-refractivity contribution is 0.0594. The summed E-state index contributed by atoms with van der Waals surface area (Å²) in [5, 5.41) is 12.8. The number of pyridine rings is 1. The third-order valence-electron chi connectivity index (χ3n) is 6.78. The summed E-state index contributed by atoms with van der Waals surface area (Å²) in [6, 6.07) is 7.91. The molecule has 0 bridgehead atoms. The van der Waals surface area contributed by atoms with Crippen molar-refractivity contribution in [2.24, 2.45) is 5.92 Å². The van der Waals surface area contributed by atoms with Gasteiger partial charge in [-0.1, -0.05) is 24.3 Å². The van der Waals surface area contributed by atoms with E-state index in [-0.39, 0.29) is 0 Å². The topological polar surface area (TPSA) is 73.3 Å². The first kappa shape index (κ1) is 23.5. The molecule has 7 nitrogen and oxygen atoms in total. The first-order chi connectivity index (χ1) is 17.2. The second-order valence-corrected chi connectivity index (χ2v) is 9.17. The van der Waals surface area contributed by atoms with Crippen molar-refractivity contribution < 1.29 is 24.1 Å². The molecule has 2 aliphatic heterocycles. The average molecular weight is 477 g/mol. The van der Waals surface area contributed by atoms with Crippen LogP contribution >= 0.6 is 0 Å². The van der Waals surface area contributed by atoms with Gasteiger partial charge < -0.3 is 29.0 Å². The minimum absolute atomic E-state index is 0.445. The van der Waals surface area contributed by atoms with Crippen molar-refractivity contribution in [3.8, 4) is 11.6 Å². The number of piperidine rings is 1. The Morgan fingerprint density at radius 1 is 1.20 bits per heavy atom. The number of ether oxygens (including phenoxy) is 4. The van der Waals surface area contributed by atoms with Crippen LogP contribution < -0.4 is 9.47 Å². The molecule has 5 rings (SSSR count). The molecule has 7 heteroatoms. The smallest absolute Gasteiger partial charge is 0.221 e. The van der Waals surface area contributed by atoms with Crippen LogP contribution in [0.25, 0.3) is 10.8 Å². The quantitative estimate of drug-likeness (QED) is 0.592. The molecule has 1 saturated heterocycles. The van der Waals surface area contributed by atoms with E-state index in [2.05, 4.69) is 16.0 Å². The van der Waals surface area contributed by atoms with E-state index < -0.39 is 6.10 Å². The van der Waals surface area contributed by atoms with E-state index in [9.17, 15) is 5.11 Å². The van der Waals surface area contributed by atoms with Crippen molar-refractivity contribution in [3.05, 3.63) is 78.3 Å². The van der Waals surface area contributed by atoms with Crippen molar-refractivity contribution in [1.82, 2.24) is 9.88 Å². The zero-order chi connectivity index (χ0) is 24.0. The van der Waals surface area contributed by atoms with Crippen LogP contribution in [0.1, 0.15) is 25.7 Å². The Hall–Kier alpha value is -3.29. The summed E-state index contributed by atoms with van der Waals surface area (Å²) in [7, 11) is 1.66. The fourth-order valence-corrected chi connectivity index (χ4v) is 4.66. The number of fused-ring (bicyclic) bond motifs is 1. The highest BCUT2D eigenvalue weighted by Crippen LogP contribution is 2.30. The molecule has 1 aliphatic carbocycles. The van der Waals surface area contributed by atoms with E-state index >= 15 is 0 Å². The van der Waals surface area contributed by atoms with Crippen molar-refractivity contribution in [2.75, 3.05) is 33.4 Å². The first-order valence-corrected chi connectivity index (χ1v) is 12.2. The van der Waals surface area contributed by atoms with Crippen LogP contribution in [0.2, 0.25) is 0 Å². The number of aliphatic hydroxyl groups is 1. The van der Waals surface area contributed by atoms with Crippen LogP contribution in [0.3, 0.4) is 0 Å². The summed E-state index contributed by atoms with van der Waals surface area (Å²) in [6.07, 6.45) is 14.2. The van der Waals surface area contributed by atoms with E-state index in [4.69, 9.17) is 18.9 Å². The normalized spacial score (nSPS) is 19.8. The first-order valence-electron chi connectivity index (χ1n) is 12.2. The molecule has 1 aromatic carbocycles. The maximum Gasteiger partial charge on any atom is 0.221 e. The fraction of sp³-hybridized carbons (Fsp3) is 0.393. The van der Waals surface area contributed by atoms with E-state index in [1.165, 1.54) is 6.26 Å². The molecule has 35 heavy (non-hydrogen) atoms.